The molecule has 0 bridgehead atoms. The standard InChI is InChI=1S/C15H19F3N2O.C2H2O4/c16-15(17,18)12-6-5-7-13(10-12)19-14(21)11-20-8-3-1-2-4-9-20;3-1(4)2(5)6/h5-7,10H,1-4,8-9,11H2,(H,19,21);(H,3,4)(H,5,6). The lowest BCUT2D eigenvalue weighted by Gasteiger charge is -2.19. The van der Waals surface area contributed by atoms with Crippen molar-refractivity contribution >= 4 is 23.5 Å². The molecule has 0 unspecified atom stereocenters. The minimum Gasteiger partial charge on any atom is -0.473 e. The van der Waals surface area contributed by atoms with E-state index in [1.165, 1.54) is 25.0 Å². The highest BCUT2D eigenvalue weighted by Gasteiger charge is 2.30. The normalized spacial score (nSPS) is 15.1. The number of likely N-dealkylation sites (tertiary alicyclic amines) is 1. The van der Waals surface area contributed by atoms with Gasteiger partial charge in [-0.1, -0.05) is 18.9 Å². The molecule has 1 fully saturated rings. The van der Waals surface area contributed by atoms with Crippen molar-refractivity contribution in [2.75, 3.05) is 25.0 Å². The van der Waals surface area contributed by atoms with Crippen molar-refractivity contribution in [1.29, 1.82) is 0 Å². The molecule has 1 aliphatic rings. The zero-order valence-electron chi connectivity index (χ0n) is 14.5. The highest BCUT2D eigenvalue weighted by Crippen LogP contribution is 2.30. The van der Waals surface area contributed by atoms with Gasteiger partial charge in [0, 0.05) is 5.69 Å². The minimum atomic E-state index is -4.40. The molecule has 1 amide bonds. The minimum absolute atomic E-state index is 0.185. The summed E-state index contributed by atoms with van der Waals surface area (Å²) in [6, 6.07) is 4.71. The highest BCUT2D eigenvalue weighted by molar-refractivity contribution is 6.27. The number of aliphatic carboxylic acids is 2. The summed E-state index contributed by atoms with van der Waals surface area (Å²) < 4.78 is 37.8. The van der Waals surface area contributed by atoms with E-state index in [9.17, 15) is 18.0 Å². The van der Waals surface area contributed by atoms with E-state index < -0.39 is 23.7 Å². The van der Waals surface area contributed by atoms with Crippen LogP contribution in [0.25, 0.3) is 0 Å². The average Bonchev–Trinajstić information content (AvgIpc) is 2.83. The maximum Gasteiger partial charge on any atom is 0.416 e. The number of carboxylic acids is 2. The van der Waals surface area contributed by atoms with Gasteiger partial charge in [0.1, 0.15) is 0 Å². The topological polar surface area (TPSA) is 107 Å². The van der Waals surface area contributed by atoms with Crippen LogP contribution in [0.2, 0.25) is 0 Å². The first-order valence-electron chi connectivity index (χ1n) is 8.25. The molecule has 3 N–H and O–H groups in total. The van der Waals surface area contributed by atoms with E-state index >= 15 is 0 Å². The predicted octanol–water partition coefficient (Wildman–Crippen LogP) is 2.68. The fourth-order valence-corrected chi connectivity index (χ4v) is 2.47. The number of alkyl halides is 3. The van der Waals surface area contributed by atoms with Crippen molar-refractivity contribution in [3.05, 3.63) is 29.8 Å². The van der Waals surface area contributed by atoms with E-state index in [1.807, 2.05) is 0 Å². The van der Waals surface area contributed by atoms with Crippen LogP contribution < -0.4 is 5.32 Å². The summed E-state index contributed by atoms with van der Waals surface area (Å²) in [5, 5.41) is 17.3. The van der Waals surface area contributed by atoms with Crippen molar-refractivity contribution in [2.45, 2.75) is 31.9 Å². The summed E-state index contributed by atoms with van der Waals surface area (Å²) in [6.07, 6.45) is 0.0801. The monoisotopic (exact) mass is 390 g/mol. The summed E-state index contributed by atoms with van der Waals surface area (Å²) in [6.45, 7) is 1.97. The molecular weight excluding hydrogens is 369 g/mol. The van der Waals surface area contributed by atoms with Crippen LogP contribution in [0.15, 0.2) is 24.3 Å². The average molecular weight is 390 g/mol. The number of hydrogen-bond donors (Lipinski definition) is 3. The Morgan fingerprint density at radius 3 is 2.04 bits per heavy atom. The van der Waals surface area contributed by atoms with E-state index in [4.69, 9.17) is 19.8 Å². The molecular formula is C17H21F3N2O5. The maximum atomic E-state index is 12.6. The molecule has 0 radical (unpaired) electrons. The first-order valence-corrected chi connectivity index (χ1v) is 8.25. The van der Waals surface area contributed by atoms with E-state index in [0.717, 1.165) is 38.1 Å². The molecule has 27 heavy (non-hydrogen) atoms. The fourth-order valence-electron chi connectivity index (χ4n) is 2.47. The Labute approximate surface area is 153 Å². The van der Waals surface area contributed by atoms with Crippen LogP contribution in [-0.4, -0.2) is 52.6 Å². The number of halogens is 3. The molecule has 0 spiro atoms. The van der Waals surface area contributed by atoms with Crippen LogP contribution in [0, 0.1) is 0 Å². The molecule has 0 atom stereocenters. The van der Waals surface area contributed by atoms with Gasteiger partial charge in [-0.2, -0.15) is 13.2 Å². The van der Waals surface area contributed by atoms with Crippen molar-refractivity contribution in [3.63, 3.8) is 0 Å². The van der Waals surface area contributed by atoms with Gasteiger partial charge in [-0.05, 0) is 44.1 Å². The number of hydrogen-bond acceptors (Lipinski definition) is 4. The van der Waals surface area contributed by atoms with E-state index in [0.29, 0.717) is 0 Å². The highest BCUT2D eigenvalue weighted by atomic mass is 19.4. The van der Waals surface area contributed by atoms with Crippen molar-refractivity contribution in [2.24, 2.45) is 0 Å². The van der Waals surface area contributed by atoms with E-state index in [-0.39, 0.29) is 18.1 Å². The second-order valence-corrected chi connectivity index (χ2v) is 5.93. The third kappa shape index (κ3) is 9.04. The molecule has 1 aromatic carbocycles. The van der Waals surface area contributed by atoms with Crippen LogP contribution >= 0.6 is 0 Å². The molecule has 1 heterocycles. The third-order valence-corrected chi connectivity index (χ3v) is 3.72. The molecule has 1 aliphatic heterocycles. The van der Waals surface area contributed by atoms with Gasteiger partial charge in [0.15, 0.2) is 0 Å². The Hall–Kier alpha value is -2.62. The number of carbonyl (C=O) groups is 3. The number of nitrogens with zero attached hydrogens (tertiary/aromatic N) is 1. The van der Waals surface area contributed by atoms with Crippen molar-refractivity contribution < 1.29 is 37.8 Å². The second kappa shape index (κ2) is 10.5. The number of carbonyl (C=O) groups excluding carboxylic acids is 1. The number of carboxylic acid groups (broad SMARTS) is 2. The second-order valence-electron chi connectivity index (χ2n) is 5.93. The molecule has 0 aromatic heterocycles. The number of anilines is 1. The molecule has 7 nitrogen and oxygen atoms in total. The SMILES string of the molecule is O=C(CN1CCCCCC1)Nc1cccc(C(F)(F)F)c1.O=C(O)C(=O)O. The summed E-state index contributed by atoms with van der Waals surface area (Å²) in [5.41, 5.74) is -0.570. The van der Waals surface area contributed by atoms with Gasteiger partial charge >= 0.3 is 18.1 Å². The Bertz CT molecular complexity index is 644. The number of rotatable bonds is 3. The molecule has 1 saturated heterocycles. The van der Waals surface area contributed by atoms with Gasteiger partial charge < -0.3 is 15.5 Å². The zero-order valence-corrected chi connectivity index (χ0v) is 14.5. The molecule has 2 rings (SSSR count). The third-order valence-electron chi connectivity index (χ3n) is 3.72. The summed E-state index contributed by atoms with van der Waals surface area (Å²) in [4.78, 5) is 32.2. The maximum absolute atomic E-state index is 12.6. The first kappa shape index (κ1) is 22.4. The van der Waals surface area contributed by atoms with Gasteiger partial charge in [0.25, 0.3) is 0 Å². The molecule has 1 aromatic rings. The molecule has 0 aliphatic carbocycles. The Balaban J connectivity index is 0.000000527. The van der Waals surface area contributed by atoms with Crippen LogP contribution in [0.1, 0.15) is 31.2 Å². The summed E-state index contributed by atoms with van der Waals surface area (Å²) in [5.74, 6) is -3.92. The van der Waals surface area contributed by atoms with Gasteiger partial charge in [-0.3, -0.25) is 9.69 Å². The largest absolute Gasteiger partial charge is 0.473 e. The molecule has 10 heteroatoms. The molecule has 0 saturated carbocycles. The smallest absolute Gasteiger partial charge is 0.416 e. The van der Waals surface area contributed by atoms with Crippen LogP contribution in [0.5, 0.6) is 0 Å². The van der Waals surface area contributed by atoms with Gasteiger partial charge in [-0.25, -0.2) is 9.59 Å². The van der Waals surface area contributed by atoms with Gasteiger partial charge in [0.05, 0.1) is 12.1 Å². The lowest BCUT2D eigenvalue weighted by Crippen LogP contribution is -2.33. The summed E-state index contributed by atoms with van der Waals surface area (Å²) >= 11 is 0. The summed E-state index contributed by atoms with van der Waals surface area (Å²) in [7, 11) is 0. The fraction of sp³-hybridized carbons (Fsp3) is 0.471. The van der Waals surface area contributed by atoms with Crippen LogP contribution in [-0.2, 0) is 20.6 Å². The van der Waals surface area contributed by atoms with E-state index in [1.54, 1.807) is 0 Å². The van der Waals surface area contributed by atoms with Crippen LogP contribution in [0.3, 0.4) is 0 Å². The Kier molecular flexibility index (Phi) is 8.73. The predicted molar refractivity (Wildman–Crippen MR) is 90.3 cm³/mol. The zero-order chi connectivity index (χ0) is 20.4. The lowest BCUT2D eigenvalue weighted by molar-refractivity contribution is -0.159. The quantitative estimate of drug-likeness (QED) is 0.685. The van der Waals surface area contributed by atoms with E-state index in [2.05, 4.69) is 10.2 Å². The van der Waals surface area contributed by atoms with Crippen molar-refractivity contribution in [1.82, 2.24) is 4.90 Å². The molecule has 150 valence electrons. The van der Waals surface area contributed by atoms with Gasteiger partial charge in [-0.15, -0.1) is 0 Å². The van der Waals surface area contributed by atoms with Crippen molar-refractivity contribution in [3.8, 4) is 0 Å². The Morgan fingerprint density at radius 2 is 1.56 bits per heavy atom. The van der Waals surface area contributed by atoms with Crippen LogP contribution in [0.4, 0.5) is 18.9 Å². The van der Waals surface area contributed by atoms with Gasteiger partial charge in [0.2, 0.25) is 5.91 Å². The number of nitrogens with one attached hydrogen (secondary N) is 1. The number of amides is 1. The lowest BCUT2D eigenvalue weighted by atomic mass is 10.2. The number of benzene rings is 1. The Morgan fingerprint density at radius 1 is 1.00 bits per heavy atom. The first-order chi connectivity index (χ1) is 12.6.